The predicted octanol–water partition coefficient (Wildman–Crippen LogP) is 3.68. The lowest BCUT2D eigenvalue weighted by atomic mass is 9.91. The van der Waals surface area contributed by atoms with Crippen LogP contribution in [0.5, 0.6) is 0 Å². The molecule has 3 aromatic rings. The number of hydrogen-bond acceptors (Lipinski definition) is 3. The van der Waals surface area contributed by atoms with E-state index >= 15 is 0 Å². The Morgan fingerprint density at radius 3 is 3.08 bits per heavy atom. The third-order valence-corrected chi connectivity index (χ3v) is 4.91. The molecule has 3 N–H and O–H groups in total. The Hall–Kier alpha value is -2.53. The summed E-state index contributed by atoms with van der Waals surface area (Å²) in [6.07, 6.45) is 4.99. The molecule has 4 rings (SSSR count). The number of carbonyl (C=O) groups excluding carboxylic acids is 1. The van der Waals surface area contributed by atoms with E-state index in [-0.39, 0.29) is 11.9 Å². The smallest absolute Gasteiger partial charge is 0.251 e. The first kappa shape index (κ1) is 16.0. The van der Waals surface area contributed by atoms with E-state index in [1.807, 2.05) is 37.3 Å². The molecule has 0 aliphatic heterocycles. The number of hydrogen-bond donors (Lipinski definition) is 3. The summed E-state index contributed by atoms with van der Waals surface area (Å²) in [6, 6.07) is 10.1. The molecule has 1 unspecified atom stereocenters. The predicted molar refractivity (Wildman–Crippen MR) is 97.5 cm³/mol. The van der Waals surface area contributed by atoms with Gasteiger partial charge in [0.05, 0.1) is 12.8 Å². The number of aryl methyl sites for hydroxylation is 1. The summed E-state index contributed by atoms with van der Waals surface area (Å²) >= 11 is 0. The van der Waals surface area contributed by atoms with Crippen molar-refractivity contribution < 1.29 is 9.21 Å². The Morgan fingerprint density at radius 2 is 2.28 bits per heavy atom. The van der Waals surface area contributed by atoms with Gasteiger partial charge in [-0.3, -0.25) is 4.79 Å². The Kier molecular flexibility index (Phi) is 4.32. The Labute approximate surface area is 146 Å². The molecular formula is C20H23N3O2. The third kappa shape index (κ3) is 3.07. The lowest BCUT2D eigenvalue weighted by Crippen LogP contribution is -2.24. The van der Waals surface area contributed by atoms with Crippen molar-refractivity contribution in [2.24, 2.45) is 0 Å². The Bertz CT molecular complexity index is 880. The van der Waals surface area contributed by atoms with Crippen molar-refractivity contribution in [1.29, 1.82) is 0 Å². The zero-order valence-electron chi connectivity index (χ0n) is 14.4. The van der Waals surface area contributed by atoms with Gasteiger partial charge in [0.1, 0.15) is 5.76 Å². The van der Waals surface area contributed by atoms with Crippen LogP contribution in [0.2, 0.25) is 0 Å². The average molecular weight is 337 g/mol. The van der Waals surface area contributed by atoms with Crippen molar-refractivity contribution >= 4 is 16.8 Å². The minimum atomic E-state index is -0.0114. The van der Waals surface area contributed by atoms with E-state index in [9.17, 15) is 4.79 Å². The fraction of sp³-hybridized carbons (Fsp3) is 0.350. The number of aromatic amines is 1. The van der Waals surface area contributed by atoms with E-state index < -0.39 is 0 Å². The van der Waals surface area contributed by atoms with Crippen LogP contribution >= 0.6 is 0 Å². The highest BCUT2D eigenvalue weighted by Crippen LogP contribution is 2.35. The van der Waals surface area contributed by atoms with Gasteiger partial charge in [-0.05, 0) is 62.1 Å². The van der Waals surface area contributed by atoms with Crippen LogP contribution in [-0.4, -0.2) is 17.4 Å². The van der Waals surface area contributed by atoms with E-state index in [0.29, 0.717) is 6.54 Å². The number of H-pyrrole nitrogens is 1. The zero-order valence-corrected chi connectivity index (χ0v) is 14.4. The average Bonchev–Trinajstić information content (AvgIpc) is 3.27. The quantitative estimate of drug-likeness (QED) is 0.665. The fourth-order valence-corrected chi connectivity index (χ4v) is 3.71. The first-order valence-corrected chi connectivity index (χ1v) is 8.94. The van der Waals surface area contributed by atoms with E-state index in [2.05, 4.69) is 15.6 Å². The molecule has 0 saturated heterocycles. The number of nitrogens with one attached hydrogen (secondary N) is 3. The lowest BCUT2D eigenvalue weighted by Gasteiger charge is -2.23. The van der Waals surface area contributed by atoms with Crippen molar-refractivity contribution in [2.75, 3.05) is 6.54 Å². The highest BCUT2D eigenvalue weighted by atomic mass is 16.3. The van der Waals surface area contributed by atoms with Gasteiger partial charge in [0.25, 0.3) is 5.91 Å². The van der Waals surface area contributed by atoms with Gasteiger partial charge >= 0.3 is 0 Å². The normalized spacial score (nSPS) is 16.8. The first-order chi connectivity index (χ1) is 12.3. The molecule has 25 heavy (non-hydrogen) atoms. The molecule has 1 aliphatic carbocycles. The molecule has 2 heterocycles. The van der Waals surface area contributed by atoms with E-state index in [0.717, 1.165) is 42.6 Å². The molecule has 1 aromatic carbocycles. The Balaban J connectivity index is 1.63. The molecule has 130 valence electrons. The largest absolute Gasteiger partial charge is 0.468 e. The molecule has 0 radical (unpaired) electrons. The van der Waals surface area contributed by atoms with Crippen LogP contribution in [0.25, 0.3) is 10.9 Å². The third-order valence-electron chi connectivity index (χ3n) is 4.91. The first-order valence-electron chi connectivity index (χ1n) is 8.94. The summed E-state index contributed by atoms with van der Waals surface area (Å²) < 4.78 is 5.42. The zero-order chi connectivity index (χ0) is 17.2. The monoisotopic (exact) mass is 337 g/mol. The number of amides is 1. The molecule has 0 fully saturated rings. The summed E-state index contributed by atoms with van der Waals surface area (Å²) in [5, 5.41) is 7.64. The maximum absolute atomic E-state index is 12.1. The molecule has 1 aliphatic rings. The lowest BCUT2D eigenvalue weighted by molar-refractivity contribution is 0.0956. The van der Waals surface area contributed by atoms with Crippen LogP contribution in [0.15, 0.2) is 41.0 Å². The molecule has 2 aromatic heterocycles. The molecule has 5 nitrogen and oxygen atoms in total. The minimum absolute atomic E-state index is 0.0114. The summed E-state index contributed by atoms with van der Waals surface area (Å²) in [5.74, 6) is 0.935. The number of furan rings is 1. The van der Waals surface area contributed by atoms with E-state index in [1.165, 1.54) is 16.6 Å². The number of fused-ring (bicyclic) bond motifs is 3. The van der Waals surface area contributed by atoms with Crippen molar-refractivity contribution in [3.63, 3.8) is 0 Å². The van der Waals surface area contributed by atoms with Crippen molar-refractivity contribution in [2.45, 2.75) is 38.8 Å². The number of carbonyl (C=O) groups is 1. The van der Waals surface area contributed by atoms with E-state index in [1.54, 1.807) is 6.26 Å². The highest BCUT2D eigenvalue weighted by Gasteiger charge is 2.24. The minimum Gasteiger partial charge on any atom is -0.468 e. The van der Waals surface area contributed by atoms with Gasteiger partial charge in [0.2, 0.25) is 0 Å². The van der Waals surface area contributed by atoms with Crippen LogP contribution in [0, 0.1) is 0 Å². The molecule has 0 spiro atoms. The van der Waals surface area contributed by atoms with Crippen molar-refractivity contribution in [3.05, 3.63) is 59.2 Å². The highest BCUT2D eigenvalue weighted by molar-refractivity contribution is 5.99. The van der Waals surface area contributed by atoms with Gasteiger partial charge in [-0.2, -0.15) is 0 Å². The van der Waals surface area contributed by atoms with Gasteiger partial charge in [0, 0.05) is 34.7 Å². The molecule has 5 heteroatoms. The molecular weight excluding hydrogens is 314 g/mol. The SMILES string of the molecule is CCNC(=O)c1ccc2[nH]c3c(c2c1)CCCC3NCc1ccco1. The van der Waals surface area contributed by atoms with Crippen molar-refractivity contribution in [3.8, 4) is 0 Å². The Morgan fingerprint density at radius 1 is 1.36 bits per heavy atom. The molecule has 0 saturated carbocycles. The fourth-order valence-electron chi connectivity index (χ4n) is 3.71. The van der Waals surface area contributed by atoms with Crippen LogP contribution < -0.4 is 10.6 Å². The van der Waals surface area contributed by atoms with Gasteiger partial charge < -0.3 is 20.0 Å². The second kappa shape index (κ2) is 6.76. The maximum atomic E-state index is 12.1. The second-order valence-electron chi connectivity index (χ2n) is 6.54. The van der Waals surface area contributed by atoms with E-state index in [4.69, 9.17) is 4.42 Å². The molecule has 1 atom stereocenters. The summed E-state index contributed by atoms with van der Waals surface area (Å²) in [6.45, 7) is 3.29. The van der Waals surface area contributed by atoms with Crippen LogP contribution in [0.1, 0.15) is 53.2 Å². The van der Waals surface area contributed by atoms with Crippen molar-refractivity contribution in [1.82, 2.24) is 15.6 Å². The second-order valence-corrected chi connectivity index (χ2v) is 6.54. The number of aromatic nitrogens is 1. The van der Waals surface area contributed by atoms with Gasteiger partial charge in [-0.1, -0.05) is 0 Å². The van der Waals surface area contributed by atoms with Gasteiger partial charge in [-0.15, -0.1) is 0 Å². The van der Waals surface area contributed by atoms with Gasteiger partial charge in [0.15, 0.2) is 0 Å². The van der Waals surface area contributed by atoms with Crippen LogP contribution in [0.4, 0.5) is 0 Å². The summed E-state index contributed by atoms with van der Waals surface area (Å²) in [5.41, 5.74) is 4.41. The molecule has 0 bridgehead atoms. The van der Waals surface area contributed by atoms with Crippen LogP contribution in [-0.2, 0) is 13.0 Å². The summed E-state index contributed by atoms with van der Waals surface area (Å²) in [4.78, 5) is 15.7. The van der Waals surface area contributed by atoms with Gasteiger partial charge in [-0.25, -0.2) is 0 Å². The number of rotatable bonds is 5. The molecule has 1 amide bonds. The topological polar surface area (TPSA) is 70.1 Å². The standard InChI is InChI=1S/C20H23N3O2/c1-2-21-20(24)13-8-9-17-16(11-13)15-6-3-7-18(19(15)23-17)22-12-14-5-4-10-25-14/h4-5,8-11,18,22-23H,2-3,6-7,12H2,1H3,(H,21,24). The summed E-state index contributed by atoms with van der Waals surface area (Å²) in [7, 11) is 0. The number of benzene rings is 1. The maximum Gasteiger partial charge on any atom is 0.251 e. The van der Waals surface area contributed by atoms with Crippen LogP contribution in [0.3, 0.4) is 0 Å².